The first-order valence-electron chi connectivity index (χ1n) is 3.38. The molecule has 1 aliphatic rings. The average Bonchev–Trinajstić information content (AvgIpc) is 2.08. The number of rotatable bonds is 2. The van der Waals surface area contributed by atoms with E-state index in [4.69, 9.17) is 11.6 Å². The standard InChI is InChI=1S/C6H9ClO3S/c7-6(8)3-5-1-2-11(9,10)4-5/h5H,1-4H2. The van der Waals surface area contributed by atoms with Gasteiger partial charge in [0.1, 0.15) is 0 Å². The van der Waals surface area contributed by atoms with Gasteiger partial charge in [0.05, 0.1) is 11.5 Å². The minimum absolute atomic E-state index is 0.0370. The Kier molecular flexibility index (Phi) is 2.54. The lowest BCUT2D eigenvalue weighted by Crippen LogP contribution is -2.07. The summed E-state index contributed by atoms with van der Waals surface area (Å²) in [6.45, 7) is 0. The van der Waals surface area contributed by atoms with Crippen LogP contribution in [0.4, 0.5) is 0 Å². The molecule has 3 nitrogen and oxygen atoms in total. The number of halogens is 1. The van der Waals surface area contributed by atoms with Crippen LogP contribution in [0.25, 0.3) is 0 Å². The highest BCUT2D eigenvalue weighted by Gasteiger charge is 2.28. The molecule has 1 aliphatic heterocycles. The van der Waals surface area contributed by atoms with Crippen LogP contribution < -0.4 is 0 Å². The summed E-state index contributed by atoms with van der Waals surface area (Å²) >= 11 is 5.12. The Morgan fingerprint density at radius 3 is 2.55 bits per heavy atom. The van der Waals surface area contributed by atoms with E-state index in [9.17, 15) is 13.2 Å². The van der Waals surface area contributed by atoms with Crippen LogP contribution in [0.3, 0.4) is 0 Å². The van der Waals surface area contributed by atoms with Crippen LogP contribution in [-0.2, 0) is 14.6 Å². The summed E-state index contributed by atoms with van der Waals surface area (Å²) in [5, 5.41) is -0.438. The van der Waals surface area contributed by atoms with Gasteiger partial charge in [0, 0.05) is 6.42 Å². The van der Waals surface area contributed by atoms with Crippen molar-refractivity contribution in [3.05, 3.63) is 0 Å². The number of hydrogen-bond acceptors (Lipinski definition) is 3. The highest BCUT2D eigenvalue weighted by atomic mass is 35.5. The fourth-order valence-corrected chi connectivity index (χ4v) is 3.34. The van der Waals surface area contributed by atoms with Crippen LogP contribution >= 0.6 is 11.6 Å². The topological polar surface area (TPSA) is 51.2 Å². The maximum absolute atomic E-state index is 10.9. The molecule has 1 unspecified atom stereocenters. The Labute approximate surface area is 70.6 Å². The molecule has 64 valence electrons. The number of carbonyl (C=O) groups is 1. The Morgan fingerprint density at radius 1 is 1.55 bits per heavy atom. The normalized spacial score (nSPS) is 28.6. The second kappa shape index (κ2) is 3.11. The van der Waals surface area contributed by atoms with Crippen LogP contribution in [0, 0.1) is 5.92 Å². The van der Waals surface area contributed by atoms with Crippen molar-refractivity contribution in [2.24, 2.45) is 5.92 Å². The van der Waals surface area contributed by atoms with Crippen molar-refractivity contribution in [1.29, 1.82) is 0 Å². The summed E-state index contributed by atoms with van der Waals surface area (Å²) in [7, 11) is -2.85. The van der Waals surface area contributed by atoms with E-state index in [0.29, 0.717) is 6.42 Å². The van der Waals surface area contributed by atoms with Crippen molar-refractivity contribution in [3.8, 4) is 0 Å². The van der Waals surface area contributed by atoms with E-state index in [-0.39, 0.29) is 23.8 Å². The van der Waals surface area contributed by atoms with E-state index < -0.39 is 15.1 Å². The molecular weight excluding hydrogens is 188 g/mol. The van der Waals surface area contributed by atoms with Crippen LogP contribution in [0.1, 0.15) is 12.8 Å². The number of sulfone groups is 1. The predicted molar refractivity (Wildman–Crippen MR) is 42.2 cm³/mol. The first-order chi connectivity index (χ1) is 4.99. The maximum Gasteiger partial charge on any atom is 0.221 e. The van der Waals surface area contributed by atoms with Gasteiger partial charge in [-0.3, -0.25) is 4.79 Å². The van der Waals surface area contributed by atoms with Gasteiger partial charge in [0.15, 0.2) is 9.84 Å². The second-order valence-electron chi connectivity index (χ2n) is 2.83. The Hall–Kier alpha value is -0.0900. The molecule has 0 aliphatic carbocycles. The molecule has 0 spiro atoms. The third-order valence-corrected chi connectivity index (χ3v) is 3.77. The van der Waals surface area contributed by atoms with E-state index >= 15 is 0 Å². The number of carbonyl (C=O) groups excluding carboxylic acids is 1. The van der Waals surface area contributed by atoms with Gasteiger partial charge in [-0.25, -0.2) is 8.42 Å². The van der Waals surface area contributed by atoms with Gasteiger partial charge in [-0.05, 0) is 23.9 Å². The van der Waals surface area contributed by atoms with E-state index in [1.165, 1.54) is 0 Å². The Bertz CT molecular complexity index is 257. The molecule has 1 fully saturated rings. The quantitative estimate of drug-likeness (QED) is 0.607. The van der Waals surface area contributed by atoms with Gasteiger partial charge in [-0.2, -0.15) is 0 Å². The molecular formula is C6H9ClO3S. The lowest BCUT2D eigenvalue weighted by molar-refractivity contribution is -0.112. The monoisotopic (exact) mass is 196 g/mol. The van der Waals surface area contributed by atoms with E-state index in [1.807, 2.05) is 0 Å². The molecule has 1 atom stereocenters. The van der Waals surface area contributed by atoms with Crippen LogP contribution in [0.15, 0.2) is 0 Å². The fourth-order valence-electron chi connectivity index (χ4n) is 1.26. The van der Waals surface area contributed by atoms with Crippen LogP contribution in [0.5, 0.6) is 0 Å². The molecule has 0 radical (unpaired) electrons. The van der Waals surface area contributed by atoms with Crippen LogP contribution in [-0.4, -0.2) is 25.2 Å². The smallest absolute Gasteiger partial charge is 0.221 e. The van der Waals surface area contributed by atoms with Crippen molar-refractivity contribution >= 4 is 26.7 Å². The molecule has 0 bridgehead atoms. The van der Waals surface area contributed by atoms with Crippen molar-refractivity contribution in [3.63, 3.8) is 0 Å². The van der Waals surface area contributed by atoms with Crippen molar-refractivity contribution < 1.29 is 13.2 Å². The second-order valence-corrected chi connectivity index (χ2v) is 5.48. The molecule has 1 heterocycles. The molecule has 11 heavy (non-hydrogen) atoms. The Morgan fingerprint density at radius 2 is 2.18 bits per heavy atom. The zero-order valence-electron chi connectivity index (χ0n) is 5.92. The van der Waals surface area contributed by atoms with Gasteiger partial charge in [0.2, 0.25) is 5.24 Å². The minimum Gasteiger partial charge on any atom is -0.281 e. The summed E-state index contributed by atoms with van der Waals surface area (Å²) in [5.41, 5.74) is 0. The predicted octanol–water partition coefficient (Wildman–Crippen LogP) is 0.577. The first kappa shape index (κ1) is 9.00. The zero-order chi connectivity index (χ0) is 8.48. The van der Waals surface area contributed by atoms with Crippen LogP contribution in [0.2, 0.25) is 0 Å². The van der Waals surface area contributed by atoms with E-state index in [1.54, 1.807) is 0 Å². The molecule has 0 aromatic carbocycles. The summed E-state index contributed by atoms with van der Waals surface area (Å²) in [4.78, 5) is 10.4. The summed E-state index contributed by atoms with van der Waals surface area (Å²) < 4.78 is 21.7. The summed E-state index contributed by atoms with van der Waals surface area (Å²) in [6, 6.07) is 0. The molecule has 1 rings (SSSR count). The molecule has 1 saturated heterocycles. The molecule has 0 saturated carbocycles. The van der Waals surface area contributed by atoms with E-state index in [2.05, 4.69) is 0 Å². The largest absolute Gasteiger partial charge is 0.281 e. The average molecular weight is 197 g/mol. The van der Waals surface area contributed by atoms with Gasteiger partial charge in [-0.1, -0.05) is 0 Å². The van der Waals surface area contributed by atoms with Gasteiger partial charge < -0.3 is 0 Å². The third-order valence-electron chi connectivity index (χ3n) is 1.78. The van der Waals surface area contributed by atoms with Crippen molar-refractivity contribution in [1.82, 2.24) is 0 Å². The van der Waals surface area contributed by atoms with Crippen molar-refractivity contribution in [2.75, 3.05) is 11.5 Å². The van der Waals surface area contributed by atoms with E-state index in [0.717, 1.165) is 0 Å². The molecule has 0 aromatic rings. The van der Waals surface area contributed by atoms with Gasteiger partial charge in [0.25, 0.3) is 0 Å². The third kappa shape index (κ3) is 2.79. The molecule has 5 heteroatoms. The SMILES string of the molecule is O=C(Cl)CC1CCS(=O)(=O)C1. The molecule has 0 aromatic heterocycles. The first-order valence-corrected chi connectivity index (χ1v) is 5.58. The minimum atomic E-state index is -2.85. The zero-order valence-corrected chi connectivity index (χ0v) is 7.49. The number of hydrogen-bond donors (Lipinski definition) is 0. The summed E-state index contributed by atoms with van der Waals surface area (Å²) in [6.07, 6.45) is 0.779. The van der Waals surface area contributed by atoms with Gasteiger partial charge >= 0.3 is 0 Å². The molecule has 0 N–H and O–H groups in total. The fraction of sp³-hybridized carbons (Fsp3) is 0.833. The van der Waals surface area contributed by atoms with Gasteiger partial charge in [-0.15, -0.1) is 0 Å². The Balaban J connectivity index is 2.49. The highest BCUT2D eigenvalue weighted by Crippen LogP contribution is 2.22. The lowest BCUT2D eigenvalue weighted by atomic mass is 10.1. The maximum atomic E-state index is 10.9. The highest BCUT2D eigenvalue weighted by molar-refractivity contribution is 7.91. The lowest BCUT2D eigenvalue weighted by Gasteiger charge is -2.00. The van der Waals surface area contributed by atoms with Crippen molar-refractivity contribution in [2.45, 2.75) is 12.8 Å². The molecule has 0 amide bonds. The summed E-state index contributed by atoms with van der Waals surface area (Å²) in [5.74, 6) is 0.304.